The molecule has 2 N–H and O–H groups in total. The van der Waals surface area contributed by atoms with Crippen LogP contribution in [0.3, 0.4) is 0 Å². The van der Waals surface area contributed by atoms with E-state index in [0.717, 1.165) is 10.0 Å². The monoisotopic (exact) mass is 326 g/mol. The Balaban J connectivity index is 1.55. The number of hydrogen-bond acceptors (Lipinski definition) is 1. The zero-order chi connectivity index (χ0) is 13.7. The van der Waals surface area contributed by atoms with E-state index in [4.69, 9.17) is 0 Å². The first-order valence-corrected chi connectivity index (χ1v) is 7.22. The number of carbonyl (C=O) groups is 1. The van der Waals surface area contributed by atoms with Crippen molar-refractivity contribution in [2.45, 2.75) is 43.4 Å². The molecule has 4 rings (SSSR count). The van der Waals surface area contributed by atoms with Gasteiger partial charge in [0.25, 0.3) is 0 Å². The molecule has 0 aliphatic heterocycles. The summed E-state index contributed by atoms with van der Waals surface area (Å²) < 4.78 is 14.3. The smallest absolute Gasteiger partial charge is 0.315 e. The van der Waals surface area contributed by atoms with Gasteiger partial charge in [-0.2, -0.15) is 0 Å². The van der Waals surface area contributed by atoms with E-state index in [0.29, 0.717) is 19.3 Å². The molecule has 2 amide bonds. The average molecular weight is 327 g/mol. The molecule has 1 unspecified atom stereocenters. The minimum atomic E-state index is -0.983. The summed E-state index contributed by atoms with van der Waals surface area (Å²) in [7, 11) is 0. The quantitative estimate of drug-likeness (QED) is 0.877. The standard InChI is InChI=1S/C14H16BrFN2O/c1-9(10-3-2-4-11(15)5-10)17-12(19)18-14-6-13(16,7-14)8-14/h2-5,9H,6-8H2,1H3,(H2,17,18,19). The van der Waals surface area contributed by atoms with Crippen molar-refractivity contribution in [3.05, 3.63) is 34.3 Å². The van der Waals surface area contributed by atoms with Gasteiger partial charge in [0.05, 0.1) is 11.6 Å². The number of carbonyl (C=O) groups excluding carboxylic acids is 1. The molecule has 1 atom stereocenters. The van der Waals surface area contributed by atoms with Gasteiger partial charge in [0, 0.05) is 23.7 Å². The Kier molecular flexibility index (Phi) is 2.85. The molecule has 0 aromatic heterocycles. The second-order valence-electron chi connectivity index (χ2n) is 5.84. The van der Waals surface area contributed by atoms with Crippen molar-refractivity contribution in [1.82, 2.24) is 10.6 Å². The molecular formula is C14H16BrFN2O. The highest BCUT2D eigenvalue weighted by Gasteiger charge is 2.69. The van der Waals surface area contributed by atoms with Crippen molar-refractivity contribution in [1.29, 1.82) is 0 Å². The first-order chi connectivity index (χ1) is 8.90. The van der Waals surface area contributed by atoms with Crippen molar-refractivity contribution in [3.63, 3.8) is 0 Å². The number of hydrogen-bond donors (Lipinski definition) is 2. The molecule has 102 valence electrons. The van der Waals surface area contributed by atoms with Crippen LogP contribution in [0.4, 0.5) is 9.18 Å². The summed E-state index contributed by atoms with van der Waals surface area (Å²) in [5.74, 6) is 0. The lowest BCUT2D eigenvalue weighted by Crippen LogP contribution is -2.77. The minimum Gasteiger partial charge on any atom is -0.332 e. The number of urea groups is 1. The normalized spacial score (nSPS) is 32.8. The number of alkyl halides is 1. The van der Waals surface area contributed by atoms with Crippen LogP contribution in [0.1, 0.15) is 37.8 Å². The van der Waals surface area contributed by atoms with Crippen LogP contribution in [0, 0.1) is 0 Å². The van der Waals surface area contributed by atoms with Crippen LogP contribution in [0.2, 0.25) is 0 Å². The zero-order valence-corrected chi connectivity index (χ0v) is 12.3. The molecule has 1 aromatic carbocycles. The molecule has 3 aliphatic rings. The van der Waals surface area contributed by atoms with Crippen molar-refractivity contribution in [3.8, 4) is 0 Å². The van der Waals surface area contributed by atoms with Gasteiger partial charge >= 0.3 is 6.03 Å². The highest BCUT2D eigenvalue weighted by molar-refractivity contribution is 9.10. The fourth-order valence-electron chi connectivity index (χ4n) is 3.13. The third kappa shape index (κ3) is 2.36. The van der Waals surface area contributed by atoms with E-state index in [1.165, 1.54) is 0 Å². The number of benzene rings is 1. The fraction of sp³-hybridized carbons (Fsp3) is 0.500. The maximum Gasteiger partial charge on any atom is 0.315 e. The van der Waals surface area contributed by atoms with E-state index in [-0.39, 0.29) is 17.6 Å². The van der Waals surface area contributed by atoms with E-state index in [2.05, 4.69) is 26.6 Å². The summed E-state index contributed by atoms with van der Waals surface area (Å²) in [6.07, 6.45) is 1.41. The molecule has 19 heavy (non-hydrogen) atoms. The second kappa shape index (κ2) is 4.20. The van der Waals surface area contributed by atoms with Crippen LogP contribution < -0.4 is 10.6 Å². The van der Waals surface area contributed by atoms with E-state index < -0.39 is 5.67 Å². The Morgan fingerprint density at radius 2 is 2.11 bits per heavy atom. The predicted molar refractivity (Wildman–Crippen MR) is 74.6 cm³/mol. The Hall–Kier alpha value is -1.10. The molecule has 0 spiro atoms. The van der Waals surface area contributed by atoms with Gasteiger partial charge in [-0.3, -0.25) is 0 Å². The Bertz CT molecular complexity index is 514. The lowest BCUT2D eigenvalue weighted by molar-refractivity contribution is -0.162. The Labute approximate surface area is 120 Å². The first kappa shape index (κ1) is 12.9. The summed E-state index contributed by atoms with van der Waals surface area (Å²) >= 11 is 3.41. The number of amides is 2. The van der Waals surface area contributed by atoms with Crippen LogP contribution in [0.5, 0.6) is 0 Å². The molecule has 5 heteroatoms. The van der Waals surface area contributed by atoms with Crippen LogP contribution >= 0.6 is 15.9 Å². The SMILES string of the molecule is CC(NC(=O)NC12CC(F)(C1)C2)c1cccc(Br)c1. The Morgan fingerprint density at radius 3 is 2.68 bits per heavy atom. The lowest BCUT2D eigenvalue weighted by atomic mass is 9.47. The minimum absolute atomic E-state index is 0.0795. The fourth-order valence-corrected chi connectivity index (χ4v) is 3.55. The van der Waals surface area contributed by atoms with Crippen LogP contribution in [-0.4, -0.2) is 17.2 Å². The van der Waals surface area contributed by atoms with Gasteiger partial charge in [-0.15, -0.1) is 0 Å². The molecule has 3 aliphatic carbocycles. The van der Waals surface area contributed by atoms with Crippen LogP contribution in [0.25, 0.3) is 0 Å². The maximum atomic E-state index is 13.4. The molecule has 2 bridgehead atoms. The number of nitrogens with one attached hydrogen (secondary N) is 2. The predicted octanol–water partition coefficient (Wildman–Crippen LogP) is 3.45. The van der Waals surface area contributed by atoms with Crippen LogP contribution in [-0.2, 0) is 0 Å². The van der Waals surface area contributed by atoms with Gasteiger partial charge in [-0.25, -0.2) is 9.18 Å². The third-order valence-electron chi connectivity index (χ3n) is 4.04. The van der Waals surface area contributed by atoms with Crippen molar-refractivity contribution in [2.24, 2.45) is 0 Å². The number of halogens is 2. The van der Waals surface area contributed by atoms with Gasteiger partial charge in [-0.05, 0) is 24.6 Å². The van der Waals surface area contributed by atoms with E-state index in [1.54, 1.807) is 0 Å². The summed E-state index contributed by atoms with van der Waals surface area (Å²) in [6.45, 7) is 1.93. The number of rotatable bonds is 3. The highest BCUT2D eigenvalue weighted by atomic mass is 79.9. The molecule has 0 radical (unpaired) electrons. The molecule has 0 saturated heterocycles. The van der Waals surface area contributed by atoms with Gasteiger partial charge in [0.2, 0.25) is 0 Å². The highest BCUT2D eigenvalue weighted by Crippen LogP contribution is 2.62. The first-order valence-electron chi connectivity index (χ1n) is 6.43. The average Bonchev–Trinajstić information content (AvgIpc) is 2.25. The van der Waals surface area contributed by atoms with Crippen molar-refractivity contribution >= 4 is 22.0 Å². The maximum absolute atomic E-state index is 13.4. The molecule has 3 saturated carbocycles. The summed E-state index contributed by atoms with van der Waals surface area (Å²) in [6, 6.07) is 7.52. The van der Waals surface area contributed by atoms with Gasteiger partial charge in [0.15, 0.2) is 0 Å². The van der Waals surface area contributed by atoms with Gasteiger partial charge < -0.3 is 10.6 Å². The largest absolute Gasteiger partial charge is 0.332 e. The van der Waals surface area contributed by atoms with E-state index >= 15 is 0 Å². The topological polar surface area (TPSA) is 41.1 Å². The molecule has 1 aromatic rings. The lowest BCUT2D eigenvalue weighted by Gasteiger charge is -2.65. The molecular weight excluding hydrogens is 311 g/mol. The van der Waals surface area contributed by atoms with Gasteiger partial charge in [0.1, 0.15) is 5.67 Å². The second-order valence-corrected chi connectivity index (χ2v) is 6.75. The van der Waals surface area contributed by atoms with E-state index in [9.17, 15) is 9.18 Å². The van der Waals surface area contributed by atoms with E-state index in [1.807, 2.05) is 31.2 Å². The van der Waals surface area contributed by atoms with Gasteiger partial charge in [-0.1, -0.05) is 28.1 Å². The van der Waals surface area contributed by atoms with Crippen LogP contribution in [0.15, 0.2) is 28.7 Å². The van der Waals surface area contributed by atoms with Crippen molar-refractivity contribution in [2.75, 3.05) is 0 Å². The molecule has 3 nitrogen and oxygen atoms in total. The summed E-state index contributed by atoms with van der Waals surface area (Å²) in [5, 5.41) is 5.79. The molecule has 3 fully saturated rings. The zero-order valence-electron chi connectivity index (χ0n) is 10.7. The molecule has 0 heterocycles. The van der Waals surface area contributed by atoms with Crippen molar-refractivity contribution < 1.29 is 9.18 Å². The Morgan fingerprint density at radius 1 is 1.42 bits per heavy atom. The summed E-state index contributed by atoms with van der Waals surface area (Å²) in [5.41, 5.74) is -0.219. The summed E-state index contributed by atoms with van der Waals surface area (Å²) in [4.78, 5) is 11.9. The third-order valence-corrected chi connectivity index (χ3v) is 4.53.